The number of nitrogens with zero attached hydrogens (tertiary/aromatic N) is 1. The van der Waals surface area contributed by atoms with E-state index in [0.29, 0.717) is 42.5 Å². The Bertz CT molecular complexity index is 1170. The molecule has 2 N–H and O–H groups in total. The van der Waals surface area contributed by atoms with Gasteiger partial charge < -0.3 is 20.3 Å². The van der Waals surface area contributed by atoms with E-state index >= 15 is 0 Å². The molecule has 3 aromatic rings. The highest BCUT2D eigenvalue weighted by molar-refractivity contribution is 6.30. The largest absolute Gasteiger partial charge is 0.494 e. The van der Waals surface area contributed by atoms with Gasteiger partial charge in [-0.25, -0.2) is 4.79 Å². The molecule has 1 fully saturated rings. The molecule has 0 bridgehead atoms. The zero-order chi connectivity index (χ0) is 24.6. The fourth-order valence-corrected chi connectivity index (χ4v) is 4.45. The van der Waals surface area contributed by atoms with Gasteiger partial charge in [-0.3, -0.25) is 4.79 Å². The van der Waals surface area contributed by atoms with Crippen molar-refractivity contribution in [2.45, 2.75) is 32.2 Å². The van der Waals surface area contributed by atoms with Gasteiger partial charge in [-0.05, 0) is 67.8 Å². The minimum atomic E-state index is -0.133. The van der Waals surface area contributed by atoms with Crippen molar-refractivity contribution in [1.29, 1.82) is 0 Å². The van der Waals surface area contributed by atoms with E-state index in [0.717, 1.165) is 29.7 Å². The molecule has 1 aliphatic heterocycles. The number of benzene rings is 3. The molecular weight excluding hydrogens is 462 g/mol. The van der Waals surface area contributed by atoms with E-state index in [1.54, 1.807) is 24.3 Å². The Morgan fingerprint density at radius 1 is 1.06 bits per heavy atom. The second-order valence-corrected chi connectivity index (χ2v) is 9.01. The minimum absolute atomic E-state index is 0.126. The average Bonchev–Trinajstić information content (AvgIpc) is 2.89. The van der Waals surface area contributed by atoms with Crippen molar-refractivity contribution in [2.75, 3.05) is 25.0 Å². The first kappa shape index (κ1) is 24.6. The van der Waals surface area contributed by atoms with E-state index in [2.05, 4.69) is 10.6 Å². The molecule has 0 unspecified atom stereocenters. The summed E-state index contributed by atoms with van der Waals surface area (Å²) >= 11 is 5.93. The smallest absolute Gasteiger partial charge is 0.321 e. The van der Waals surface area contributed by atoms with Gasteiger partial charge in [0.25, 0.3) is 5.91 Å². The molecule has 0 aliphatic carbocycles. The Morgan fingerprint density at radius 3 is 2.66 bits per heavy atom. The molecule has 0 radical (unpaired) electrons. The number of rotatable bonds is 7. The van der Waals surface area contributed by atoms with Crippen molar-refractivity contribution in [3.8, 4) is 5.75 Å². The minimum Gasteiger partial charge on any atom is -0.494 e. The summed E-state index contributed by atoms with van der Waals surface area (Å²) in [6, 6.07) is 22.4. The van der Waals surface area contributed by atoms with Gasteiger partial charge in [-0.15, -0.1) is 0 Å². The summed E-state index contributed by atoms with van der Waals surface area (Å²) < 4.78 is 5.65. The van der Waals surface area contributed by atoms with Crippen LogP contribution >= 0.6 is 11.6 Å². The van der Waals surface area contributed by atoms with Crippen molar-refractivity contribution in [3.05, 3.63) is 94.5 Å². The van der Waals surface area contributed by atoms with Crippen molar-refractivity contribution >= 4 is 29.2 Å². The highest BCUT2D eigenvalue weighted by atomic mass is 35.5. The summed E-state index contributed by atoms with van der Waals surface area (Å²) in [6.07, 6.45) is 1.88. The van der Waals surface area contributed by atoms with Gasteiger partial charge in [0.05, 0.1) is 6.61 Å². The lowest BCUT2D eigenvalue weighted by Gasteiger charge is -2.33. The van der Waals surface area contributed by atoms with Crippen LogP contribution in [-0.4, -0.2) is 36.5 Å². The van der Waals surface area contributed by atoms with Crippen LogP contribution in [0.25, 0.3) is 0 Å². The van der Waals surface area contributed by atoms with Gasteiger partial charge in [-0.2, -0.15) is 0 Å². The van der Waals surface area contributed by atoms with E-state index in [1.165, 1.54) is 0 Å². The second kappa shape index (κ2) is 11.8. The second-order valence-electron chi connectivity index (χ2n) is 8.57. The molecule has 1 aliphatic rings. The van der Waals surface area contributed by atoms with Crippen LogP contribution in [0.2, 0.25) is 5.02 Å². The van der Waals surface area contributed by atoms with Gasteiger partial charge in [0.15, 0.2) is 0 Å². The normalized spacial score (nSPS) is 15.4. The lowest BCUT2D eigenvalue weighted by Crippen LogP contribution is -2.41. The molecule has 1 atom stereocenters. The van der Waals surface area contributed by atoms with Gasteiger partial charge in [0.2, 0.25) is 0 Å². The third-order valence-electron chi connectivity index (χ3n) is 6.14. The first-order valence-corrected chi connectivity index (χ1v) is 12.3. The van der Waals surface area contributed by atoms with Crippen LogP contribution in [0.3, 0.4) is 0 Å². The predicted octanol–water partition coefficient (Wildman–Crippen LogP) is 6.08. The van der Waals surface area contributed by atoms with Crippen molar-refractivity contribution < 1.29 is 14.3 Å². The van der Waals surface area contributed by atoms with Gasteiger partial charge in [0.1, 0.15) is 5.75 Å². The highest BCUT2D eigenvalue weighted by Crippen LogP contribution is 2.28. The number of likely N-dealkylation sites (tertiary alicyclic amines) is 1. The maximum Gasteiger partial charge on any atom is 0.321 e. The molecule has 3 aromatic carbocycles. The number of hydrogen-bond acceptors (Lipinski definition) is 3. The number of carbonyl (C=O) groups excluding carboxylic acids is 2. The van der Waals surface area contributed by atoms with Crippen molar-refractivity contribution in [3.63, 3.8) is 0 Å². The van der Waals surface area contributed by atoms with Gasteiger partial charge >= 0.3 is 6.03 Å². The van der Waals surface area contributed by atoms with E-state index in [1.807, 2.05) is 60.4 Å². The quantitative estimate of drug-likeness (QED) is 0.420. The molecule has 1 saturated heterocycles. The third-order valence-corrected chi connectivity index (χ3v) is 6.39. The van der Waals surface area contributed by atoms with Crippen LogP contribution in [0.5, 0.6) is 5.75 Å². The third kappa shape index (κ3) is 6.55. The van der Waals surface area contributed by atoms with Crippen LogP contribution in [0.4, 0.5) is 10.5 Å². The lowest BCUT2D eigenvalue weighted by atomic mass is 9.89. The first-order valence-electron chi connectivity index (χ1n) is 11.9. The number of carbonyl (C=O) groups is 2. The average molecular weight is 492 g/mol. The predicted molar refractivity (Wildman–Crippen MR) is 139 cm³/mol. The zero-order valence-electron chi connectivity index (χ0n) is 19.8. The summed E-state index contributed by atoms with van der Waals surface area (Å²) in [5.41, 5.74) is 3.33. The number of para-hydroxylation sites is 1. The Balaban J connectivity index is 1.38. The van der Waals surface area contributed by atoms with Crippen LogP contribution in [0.1, 0.15) is 47.2 Å². The number of halogens is 1. The van der Waals surface area contributed by atoms with E-state index < -0.39 is 0 Å². The number of urea groups is 1. The molecule has 0 saturated carbocycles. The molecule has 182 valence electrons. The zero-order valence-corrected chi connectivity index (χ0v) is 20.6. The van der Waals surface area contributed by atoms with E-state index in [4.69, 9.17) is 16.3 Å². The first-order chi connectivity index (χ1) is 17.0. The molecule has 3 amide bonds. The number of hydrogen-bond donors (Lipinski definition) is 2. The molecule has 6 nitrogen and oxygen atoms in total. The SMILES string of the molecule is CCOc1ccccc1CNC(=O)c1cccc([C@@H]2CCCN(C(=O)Nc3ccc(Cl)cc3)C2)c1. The van der Waals surface area contributed by atoms with Crippen LogP contribution in [0.15, 0.2) is 72.8 Å². The fourth-order valence-electron chi connectivity index (χ4n) is 4.33. The molecular formula is C28H30ClN3O3. The van der Waals surface area contributed by atoms with Gasteiger partial charge in [-0.1, -0.05) is 41.9 Å². The Labute approximate surface area is 211 Å². The number of ether oxygens (including phenoxy) is 1. The summed E-state index contributed by atoms with van der Waals surface area (Å²) in [6.45, 7) is 4.21. The number of nitrogens with one attached hydrogen (secondary N) is 2. The molecule has 4 rings (SSSR count). The fraction of sp³-hybridized carbons (Fsp3) is 0.286. The highest BCUT2D eigenvalue weighted by Gasteiger charge is 2.25. The van der Waals surface area contributed by atoms with Crippen LogP contribution in [-0.2, 0) is 6.54 Å². The van der Waals surface area contributed by atoms with Crippen LogP contribution in [0, 0.1) is 0 Å². The Kier molecular flexibility index (Phi) is 8.27. The number of anilines is 1. The standard InChI is InChI=1S/C28H30ClN3O3/c1-2-35-26-11-4-3-7-22(26)18-30-27(33)21-9-5-8-20(17-21)23-10-6-16-32(19-23)28(34)31-25-14-12-24(29)13-15-25/h3-5,7-9,11-15,17,23H,2,6,10,16,18-19H2,1H3,(H,30,33)(H,31,34)/t23-/m1/s1. The maximum absolute atomic E-state index is 12.9. The summed E-state index contributed by atoms with van der Waals surface area (Å²) in [5.74, 6) is 0.820. The van der Waals surface area contributed by atoms with E-state index in [-0.39, 0.29) is 17.9 Å². The van der Waals surface area contributed by atoms with Crippen molar-refractivity contribution in [2.24, 2.45) is 0 Å². The molecule has 1 heterocycles. The summed E-state index contributed by atoms with van der Waals surface area (Å²) in [7, 11) is 0. The molecule has 0 spiro atoms. The van der Waals surface area contributed by atoms with Crippen molar-refractivity contribution in [1.82, 2.24) is 10.2 Å². The molecule has 0 aromatic heterocycles. The Hall–Kier alpha value is -3.51. The summed E-state index contributed by atoms with van der Waals surface area (Å²) in [4.78, 5) is 27.5. The topological polar surface area (TPSA) is 70.7 Å². The number of piperidine rings is 1. The molecule has 35 heavy (non-hydrogen) atoms. The number of amides is 3. The van der Waals surface area contributed by atoms with Crippen LogP contribution < -0.4 is 15.4 Å². The monoisotopic (exact) mass is 491 g/mol. The lowest BCUT2D eigenvalue weighted by molar-refractivity contribution is 0.0950. The maximum atomic E-state index is 12.9. The van der Waals surface area contributed by atoms with Gasteiger partial charge in [0, 0.05) is 47.4 Å². The van der Waals surface area contributed by atoms with E-state index in [9.17, 15) is 9.59 Å². The molecule has 7 heteroatoms. The summed E-state index contributed by atoms with van der Waals surface area (Å²) in [5, 5.41) is 6.57. The Morgan fingerprint density at radius 2 is 1.86 bits per heavy atom.